The first kappa shape index (κ1) is 40.5. The zero-order chi connectivity index (χ0) is 38.6. The van der Waals surface area contributed by atoms with E-state index < -0.39 is 0 Å². The summed E-state index contributed by atoms with van der Waals surface area (Å²) in [6.07, 6.45) is 10.0. The first-order valence-electron chi connectivity index (χ1n) is 19.5. The maximum atomic E-state index is 12.7. The molecule has 0 spiro atoms. The number of benzene rings is 2. The Morgan fingerprint density at radius 2 is 1.61 bits per heavy atom. The molecule has 7 rings (SSSR count). The van der Waals surface area contributed by atoms with E-state index in [2.05, 4.69) is 32.8 Å². The zero-order valence-electron chi connectivity index (χ0n) is 32.9. The van der Waals surface area contributed by atoms with E-state index in [4.69, 9.17) is 14.2 Å². The number of imidazole rings is 1. The third-order valence-corrected chi connectivity index (χ3v) is 10.3. The van der Waals surface area contributed by atoms with Crippen molar-refractivity contribution in [1.82, 2.24) is 29.2 Å². The number of esters is 1. The summed E-state index contributed by atoms with van der Waals surface area (Å²) < 4.78 is 18.1. The van der Waals surface area contributed by atoms with Gasteiger partial charge in [0.1, 0.15) is 5.75 Å². The molecule has 0 saturated carbocycles. The molecule has 3 fully saturated rings. The average Bonchev–Trinajstić information content (AvgIpc) is 3.53. The molecular formula is C42H58N6O6. The SMILES string of the molecule is CC(=O)Oc1c(C)cc(C)cc1C.CCC=C(OCC)N1CCC(n2c(=O)[nH]c3c4ccccc4ncc32)CC1.O=CN1CCN(C2CCOCC2)CC1. The van der Waals surface area contributed by atoms with Crippen LogP contribution in [0, 0.1) is 20.8 Å². The largest absolute Gasteiger partial charge is 0.480 e. The van der Waals surface area contributed by atoms with Crippen molar-refractivity contribution in [3.8, 4) is 5.75 Å². The maximum Gasteiger partial charge on any atom is 0.326 e. The van der Waals surface area contributed by atoms with Crippen LogP contribution in [0.5, 0.6) is 5.75 Å². The molecule has 12 heteroatoms. The number of para-hydroxylation sites is 1. The lowest BCUT2D eigenvalue weighted by atomic mass is 10.0. The second-order valence-electron chi connectivity index (χ2n) is 14.3. The Kier molecular flexibility index (Phi) is 14.7. The maximum absolute atomic E-state index is 12.7. The molecule has 2 aromatic carbocycles. The van der Waals surface area contributed by atoms with Crippen LogP contribution in [0.25, 0.3) is 21.9 Å². The minimum absolute atomic E-state index is 0.0456. The van der Waals surface area contributed by atoms with Gasteiger partial charge >= 0.3 is 11.7 Å². The van der Waals surface area contributed by atoms with E-state index in [0.29, 0.717) is 18.4 Å². The highest BCUT2D eigenvalue weighted by Crippen LogP contribution is 2.29. The monoisotopic (exact) mass is 742 g/mol. The van der Waals surface area contributed by atoms with Crippen LogP contribution in [0.4, 0.5) is 0 Å². The number of hydrogen-bond acceptors (Lipinski definition) is 9. The van der Waals surface area contributed by atoms with Gasteiger partial charge in [0.15, 0.2) is 5.88 Å². The lowest BCUT2D eigenvalue weighted by molar-refractivity contribution is -0.132. The van der Waals surface area contributed by atoms with Crippen molar-refractivity contribution in [3.05, 3.63) is 81.7 Å². The predicted molar refractivity (Wildman–Crippen MR) is 213 cm³/mol. The normalized spacial score (nSPS) is 17.4. The number of piperazine rings is 1. The topological polar surface area (TPSA) is 122 Å². The molecule has 292 valence electrons. The molecule has 1 amide bonds. The molecular weight excluding hydrogens is 684 g/mol. The lowest BCUT2D eigenvalue weighted by Gasteiger charge is -2.39. The standard InChI is InChI=1S/C21H26N4O2.C11H14O2.C10H18N2O2/c1-3-7-19(27-4-2)24-12-10-15(11-13-24)25-18-14-22-17-9-6-5-8-16(17)20(18)23-21(25)26;1-7-5-8(2)11(9(3)6-7)13-10(4)12;13-9-11-3-5-12(6-4-11)10-1-7-14-8-2-10/h5-9,14-15H,3-4,10-13H2,1-2H3,(H,23,26);5-6H,1-4H3;9-10H,1-8H2. The minimum Gasteiger partial charge on any atom is -0.480 e. The van der Waals surface area contributed by atoms with E-state index in [-0.39, 0.29) is 17.7 Å². The van der Waals surface area contributed by atoms with Gasteiger partial charge in [-0.15, -0.1) is 0 Å². The van der Waals surface area contributed by atoms with E-state index in [9.17, 15) is 14.4 Å². The zero-order valence-corrected chi connectivity index (χ0v) is 32.9. The number of aromatic amines is 1. The third-order valence-electron chi connectivity index (χ3n) is 10.3. The van der Waals surface area contributed by atoms with Crippen molar-refractivity contribution in [3.63, 3.8) is 0 Å². The first-order valence-corrected chi connectivity index (χ1v) is 19.5. The van der Waals surface area contributed by atoms with Crippen molar-refractivity contribution in [2.24, 2.45) is 0 Å². The number of fused-ring (bicyclic) bond motifs is 3. The molecule has 4 aromatic rings. The quantitative estimate of drug-likeness (QED) is 0.0963. The number of ether oxygens (including phenoxy) is 3. The van der Waals surface area contributed by atoms with Crippen LogP contribution in [0.2, 0.25) is 0 Å². The molecule has 3 aliphatic rings. The summed E-state index contributed by atoms with van der Waals surface area (Å²) in [4.78, 5) is 48.3. The number of pyridine rings is 1. The van der Waals surface area contributed by atoms with Gasteiger partial charge < -0.3 is 29.0 Å². The van der Waals surface area contributed by atoms with Gasteiger partial charge in [0, 0.05) is 76.9 Å². The number of likely N-dealkylation sites (tertiary alicyclic amines) is 1. The summed E-state index contributed by atoms with van der Waals surface area (Å²) in [5.74, 6) is 1.39. The van der Waals surface area contributed by atoms with Crippen molar-refractivity contribution >= 4 is 34.3 Å². The molecule has 5 heterocycles. The van der Waals surface area contributed by atoms with Gasteiger partial charge in [0.2, 0.25) is 6.41 Å². The molecule has 12 nitrogen and oxygen atoms in total. The number of nitrogens with zero attached hydrogens (tertiary/aromatic N) is 5. The second-order valence-corrected chi connectivity index (χ2v) is 14.3. The van der Waals surface area contributed by atoms with Crippen LogP contribution in [0.1, 0.15) is 75.6 Å². The van der Waals surface area contributed by atoms with E-state index in [1.807, 2.05) is 79.8 Å². The van der Waals surface area contributed by atoms with Crippen LogP contribution in [0.3, 0.4) is 0 Å². The van der Waals surface area contributed by atoms with Gasteiger partial charge in [-0.1, -0.05) is 42.8 Å². The highest BCUT2D eigenvalue weighted by molar-refractivity contribution is 6.01. The molecule has 54 heavy (non-hydrogen) atoms. The van der Waals surface area contributed by atoms with Gasteiger partial charge in [-0.2, -0.15) is 0 Å². The summed E-state index contributed by atoms with van der Waals surface area (Å²) >= 11 is 0. The van der Waals surface area contributed by atoms with E-state index >= 15 is 0 Å². The molecule has 0 unspecified atom stereocenters. The summed E-state index contributed by atoms with van der Waals surface area (Å²) in [6, 6.07) is 12.8. The van der Waals surface area contributed by atoms with Gasteiger partial charge in [-0.3, -0.25) is 24.0 Å². The number of aryl methyl sites for hydroxylation is 3. The van der Waals surface area contributed by atoms with Crippen molar-refractivity contribution in [2.45, 2.75) is 85.7 Å². The Labute approximate surface area is 319 Å². The fourth-order valence-electron chi connectivity index (χ4n) is 7.76. The Hall–Kier alpha value is -4.68. The number of piperidine rings is 1. The molecule has 0 atom stereocenters. The summed E-state index contributed by atoms with van der Waals surface area (Å²) in [5, 5.41) is 0.993. The molecule has 0 bridgehead atoms. The molecule has 3 aliphatic heterocycles. The number of allylic oxidation sites excluding steroid dienone is 1. The molecule has 2 aromatic heterocycles. The molecule has 0 radical (unpaired) electrons. The number of rotatable bonds is 8. The number of aromatic nitrogens is 3. The summed E-state index contributed by atoms with van der Waals surface area (Å²) in [7, 11) is 0. The van der Waals surface area contributed by atoms with Crippen molar-refractivity contribution < 1.29 is 23.8 Å². The molecule has 3 saturated heterocycles. The van der Waals surface area contributed by atoms with E-state index in [1.165, 1.54) is 12.5 Å². The first-order chi connectivity index (χ1) is 26.1. The molecule has 0 aliphatic carbocycles. The molecule has 1 N–H and O–H groups in total. The van der Waals surface area contributed by atoms with Crippen molar-refractivity contribution in [1.29, 1.82) is 0 Å². The Morgan fingerprint density at radius 1 is 0.944 bits per heavy atom. The lowest BCUT2D eigenvalue weighted by Crippen LogP contribution is -2.51. The van der Waals surface area contributed by atoms with Crippen molar-refractivity contribution in [2.75, 3.05) is 59.1 Å². The van der Waals surface area contributed by atoms with Gasteiger partial charge in [-0.05, 0) is 83.1 Å². The summed E-state index contributed by atoms with van der Waals surface area (Å²) in [5.41, 5.74) is 5.83. The van der Waals surface area contributed by atoms with Crippen LogP contribution >= 0.6 is 0 Å². The predicted octanol–water partition coefficient (Wildman–Crippen LogP) is 6.28. The van der Waals surface area contributed by atoms with Gasteiger partial charge in [0.05, 0.1) is 29.4 Å². The highest BCUT2D eigenvalue weighted by Gasteiger charge is 2.26. The van der Waals surface area contributed by atoms with E-state index in [1.54, 1.807) is 0 Å². The number of carbonyl (C=O) groups is 2. The van der Waals surface area contributed by atoms with E-state index in [0.717, 1.165) is 130 Å². The third kappa shape index (κ3) is 10.3. The smallest absolute Gasteiger partial charge is 0.326 e. The van der Waals surface area contributed by atoms with Crippen LogP contribution < -0.4 is 10.4 Å². The second kappa shape index (κ2) is 19.6. The van der Waals surface area contributed by atoms with Crippen LogP contribution in [-0.4, -0.2) is 107 Å². The number of amides is 1. The Balaban J connectivity index is 0.000000174. The highest BCUT2D eigenvalue weighted by atomic mass is 16.5. The summed E-state index contributed by atoms with van der Waals surface area (Å²) in [6.45, 7) is 19.5. The fraction of sp³-hybridized carbons (Fsp3) is 0.524. The number of hydrogen-bond donors (Lipinski definition) is 1. The van der Waals surface area contributed by atoms with Gasteiger partial charge in [0.25, 0.3) is 0 Å². The Morgan fingerprint density at radius 3 is 2.22 bits per heavy atom. The average molecular weight is 743 g/mol. The Bertz CT molecular complexity index is 1910. The number of nitrogens with one attached hydrogen (secondary N) is 1. The fourth-order valence-corrected chi connectivity index (χ4v) is 7.76. The van der Waals surface area contributed by atoms with Gasteiger partial charge in [-0.25, -0.2) is 4.79 Å². The van der Waals surface area contributed by atoms with Crippen LogP contribution in [-0.2, 0) is 19.1 Å². The van der Waals surface area contributed by atoms with Crippen LogP contribution in [0.15, 0.2) is 59.3 Å². The number of H-pyrrole nitrogens is 1. The number of carbonyl (C=O) groups excluding carboxylic acids is 2. The minimum atomic E-state index is -0.268.